The molecule has 0 saturated heterocycles. The molecule has 0 unspecified atom stereocenters. The summed E-state index contributed by atoms with van der Waals surface area (Å²) >= 11 is 0. The van der Waals surface area contributed by atoms with E-state index >= 15 is 0 Å². The molecule has 1 rings (SSSR count). The summed E-state index contributed by atoms with van der Waals surface area (Å²) in [4.78, 5) is 0. The van der Waals surface area contributed by atoms with Crippen LogP contribution in [0.4, 0.5) is 4.39 Å². The van der Waals surface area contributed by atoms with Gasteiger partial charge in [-0.25, -0.2) is 4.39 Å². The minimum Gasteiger partial charge on any atom is -0.495 e. The van der Waals surface area contributed by atoms with Crippen molar-refractivity contribution in [3.8, 4) is 11.8 Å². The SMILES string of the molecule is COc1c[c]c(F)cc1C#N. The number of benzene rings is 1. The molecule has 0 N–H and O–H groups in total. The number of hydrogen-bond acceptors (Lipinski definition) is 2. The number of rotatable bonds is 1. The van der Waals surface area contributed by atoms with E-state index in [4.69, 9.17) is 10.00 Å². The summed E-state index contributed by atoms with van der Waals surface area (Å²) in [6.07, 6.45) is 0. The average Bonchev–Trinajstić information content (AvgIpc) is 2.04. The predicted octanol–water partition coefficient (Wildman–Crippen LogP) is 1.51. The molecule has 1 aromatic carbocycles. The van der Waals surface area contributed by atoms with Gasteiger partial charge in [0.1, 0.15) is 17.6 Å². The number of nitriles is 1. The molecule has 0 amide bonds. The third kappa shape index (κ3) is 1.47. The number of methoxy groups -OCH3 is 1. The van der Waals surface area contributed by atoms with Crippen LogP contribution in [0.15, 0.2) is 12.1 Å². The van der Waals surface area contributed by atoms with Crippen molar-refractivity contribution in [1.82, 2.24) is 0 Å². The molecular formula is C8H5FNO. The lowest BCUT2D eigenvalue weighted by atomic mass is 10.2. The monoisotopic (exact) mass is 150 g/mol. The van der Waals surface area contributed by atoms with E-state index in [1.165, 1.54) is 13.2 Å². The molecule has 0 aliphatic carbocycles. The predicted molar refractivity (Wildman–Crippen MR) is 36.5 cm³/mol. The van der Waals surface area contributed by atoms with Crippen LogP contribution in [-0.4, -0.2) is 7.11 Å². The van der Waals surface area contributed by atoms with E-state index in [1.54, 1.807) is 6.07 Å². The molecule has 0 saturated carbocycles. The van der Waals surface area contributed by atoms with Crippen LogP contribution < -0.4 is 4.74 Å². The van der Waals surface area contributed by atoms with Gasteiger partial charge in [-0.05, 0) is 12.1 Å². The Morgan fingerprint density at radius 1 is 1.73 bits per heavy atom. The average molecular weight is 150 g/mol. The Hall–Kier alpha value is -1.56. The highest BCUT2D eigenvalue weighted by Gasteiger charge is 2.02. The summed E-state index contributed by atoms with van der Waals surface area (Å²) in [5.41, 5.74) is 0.184. The van der Waals surface area contributed by atoms with Gasteiger partial charge in [0.2, 0.25) is 0 Å². The van der Waals surface area contributed by atoms with Crippen LogP contribution in [0.25, 0.3) is 0 Å². The van der Waals surface area contributed by atoms with E-state index in [9.17, 15) is 4.39 Å². The molecule has 0 atom stereocenters. The molecule has 0 heterocycles. The third-order valence-electron chi connectivity index (χ3n) is 1.22. The van der Waals surface area contributed by atoms with Gasteiger partial charge in [-0.1, -0.05) is 0 Å². The highest BCUT2D eigenvalue weighted by molar-refractivity contribution is 5.42. The Kier molecular flexibility index (Phi) is 2.07. The molecule has 0 spiro atoms. The van der Waals surface area contributed by atoms with Crippen LogP contribution in [0.2, 0.25) is 0 Å². The second-order valence-electron chi connectivity index (χ2n) is 1.87. The normalized spacial score (nSPS) is 8.82. The van der Waals surface area contributed by atoms with Crippen molar-refractivity contribution in [2.45, 2.75) is 0 Å². The minimum atomic E-state index is -0.553. The number of hydrogen-bond donors (Lipinski definition) is 0. The number of halogens is 1. The standard InChI is InChI=1S/C8H5FNO/c1-11-8-3-2-7(9)4-6(8)5-10/h3-4H,1H3. The first-order valence-corrected chi connectivity index (χ1v) is 2.93. The fourth-order valence-corrected chi connectivity index (χ4v) is 0.708. The lowest BCUT2D eigenvalue weighted by Gasteiger charge is -1.99. The Morgan fingerprint density at radius 3 is 3.00 bits per heavy atom. The van der Waals surface area contributed by atoms with Gasteiger partial charge in [-0.3, -0.25) is 0 Å². The molecule has 11 heavy (non-hydrogen) atoms. The van der Waals surface area contributed by atoms with Crippen molar-refractivity contribution in [2.75, 3.05) is 7.11 Å². The second kappa shape index (κ2) is 3.02. The van der Waals surface area contributed by atoms with Gasteiger partial charge in [0.25, 0.3) is 0 Å². The molecule has 0 fully saturated rings. The fraction of sp³-hybridized carbons (Fsp3) is 0.125. The Balaban J connectivity index is 3.19. The zero-order chi connectivity index (χ0) is 8.27. The molecule has 2 nitrogen and oxygen atoms in total. The van der Waals surface area contributed by atoms with Gasteiger partial charge < -0.3 is 4.74 Å². The summed E-state index contributed by atoms with van der Waals surface area (Å²) in [5, 5.41) is 8.46. The third-order valence-corrected chi connectivity index (χ3v) is 1.22. The van der Waals surface area contributed by atoms with Crippen LogP contribution in [-0.2, 0) is 0 Å². The van der Waals surface area contributed by atoms with Crippen molar-refractivity contribution >= 4 is 0 Å². The summed E-state index contributed by atoms with van der Waals surface area (Å²) in [6, 6.07) is 6.47. The maximum Gasteiger partial charge on any atom is 0.137 e. The van der Waals surface area contributed by atoms with Gasteiger partial charge in [0.05, 0.1) is 12.7 Å². The Labute approximate surface area is 63.8 Å². The number of nitrogens with zero attached hydrogens (tertiary/aromatic N) is 1. The van der Waals surface area contributed by atoms with Crippen LogP contribution in [0, 0.1) is 23.2 Å². The molecule has 0 aliphatic rings. The van der Waals surface area contributed by atoms with Crippen LogP contribution in [0.3, 0.4) is 0 Å². The smallest absolute Gasteiger partial charge is 0.137 e. The van der Waals surface area contributed by atoms with Crippen molar-refractivity contribution in [3.05, 3.63) is 29.6 Å². The topological polar surface area (TPSA) is 33.0 Å². The van der Waals surface area contributed by atoms with E-state index in [0.29, 0.717) is 5.75 Å². The van der Waals surface area contributed by atoms with Crippen molar-refractivity contribution in [2.24, 2.45) is 0 Å². The molecule has 1 aromatic rings. The fourth-order valence-electron chi connectivity index (χ4n) is 0.708. The summed E-state index contributed by atoms with van der Waals surface area (Å²) in [6.45, 7) is 0. The van der Waals surface area contributed by atoms with Crippen molar-refractivity contribution in [3.63, 3.8) is 0 Å². The molecule has 0 aliphatic heterocycles. The summed E-state index contributed by atoms with van der Waals surface area (Å²) in [5.74, 6) is -0.212. The zero-order valence-electron chi connectivity index (χ0n) is 5.89. The quantitative estimate of drug-likeness (QED) is 0.607. The van der Waals surface area contributed by atoms with Crippen LogP contribution in [0.5, 0.6) is 5.75 Å². The highest BCUT2D eigenvalue weighted by Crippen LogP contribution is 2.16. The maximum atomic E-state index is 12.4. The first-order valence-electron chi connectivity index (χ1n) is 2.93. The van der Waals surface area contributed by atoms with Gasteiger partial charge in [0.15, 0.2) is 0 Å². The van der Waals surface area contributed by atoms with Crippen molar-refractivity contribution in [1.29, 1.82) is 5.26 Å². The van der Waals surface area contributed by atoms with Gasteiger partial charge >= 0.3 is 0 Å². The largest absolute Gasteiger partial charge is 0.495 e. The lowest BCUT2D eigenvalue weighted by molar-refractivity contribution is 0.412. The van der Waals surface area contributed by atoms with E-state index in [-0.39, 0.29) is 5.56 Å². The van der Waals surface area contributed by atoms with Crippen LogP contribution in [0.1, 0.15) is 5.56 Å². The first kappa shape index (κ1) is 7.55. The molecule has 0 bridgehead atoms. The van der Waals surface area contributed by atoms with Gasteiger partial charge in [0, 0.05) is 6.07 Å². The van der Waals surface area contributed by atoms with Gasteiger partial charge in [-0.2, -0.15) is 5.26 Å². The second-order valence-corrected chi connectivity index (χ2v) is 1.87. The number of ether oxygens (including phenoxy) is 1. The lowest BCUT2D eigenvalue weighted by Crippen LogP contribution is -1.88. The van der Waals surface area contributed by atoms with E-state index in [0.717, 1.165) is 6.07 Å². The van der Waals surface area contributed by atoms with E-state index in [2.05, 4.69) is 6.07 Å². The summed E-state index contributed by atoms with van der Waals surface area (Å²) in [7, 11) is 1.42. The molecule has 0 aromatic heterocycles. The summed E-state index contributed by atoms with van der Waals surface area (Å²) < 4.78 is 17.2. The molecule has 55 valence electrons. The Bertz CT molecular complexity index is 303. The van der Waals surface area contributed by atoms with Gasteiger partial charge in [-0.15, -0.1) is 0 Å². The van der Waals surface area contributed by atoms with E-state index < -0.39 is 5.82 Å². The van der Waals surface area contributed by atoms with Crippen molar-refractivity contribution < 1.29 is 9.13 Å². The first-order chi connectivity index (χ1) is 5.27. The minimum absolute atomic E-state index is 0.184. The molecule has 1 radical (unpaired) electrons. The van der Waals surface area contributed by atoms with Crippen LogP contribution >= 0.6 is 0 Å². The molecule has 3 heteroatoms. The maximum absolute atomic E-state index is 12.4. The van der Waals surface area contributed by atoms with E-state index in [1.807, 2.05) is 0 Å². The Morgan fingerprint density at radius 2 is 2.45 bits per heavy atom. The highest BCUT2D eigenvalue weighted by atomic mass is 19.1. The zero-order valence-corrected chi connectivity index (χ0v) is 5.89. The molecular weight excluding hydrogens is 145 g/mol.